The SMILES string of the molecule is N=C(N)N(Cc1ccc(OCc2ccccc2)cc1)c1ccc2c3c(cccc13)C=C2. The molecule has 0 unspecified atom stereocenters. The van der Waals surface area contributed by atoms with Gasteiger partial charge in [0.2, 0.25) is 0 Å². The van der Waals surface area contributed by atoms with Crippen molar-refractivity contribution in [1.29, 1.82) is 5.41 Å². The van der Waals surface area contributed by atoms with Crippen LogP contribution in [-0.2, 0) is 13.2 Å². The Balaban J connectivity index is 1.37. The number of anilines is 1. The Kier molecular flexibility index (Phi) is 4.89. The van der Waals surface area contributed by atoms with E-state index in [1.165, 1.54) is 16.5 Å². The Bertz CT molecular complexity index is 1270. The fourth-order valence-electron chi connectivity index (χ4n) is 4.06. The summed E-state index contributed by atoms with van der Waals surface area (Å²) in [6, 6.07) is 28.5. The summed E-state index contributed by atoms with van der Waals surface area (Å²) < 4.78 is 5.89. The molecule has 1 aliphatic carbocycles. The van der Waals surface area contributed by atoms with Crippen molar-refractivity contribution in [2.45, 2.75) is 13.2 Å². The van der Waals surface area contributed by atoms with Gasteiger partial charge in [-0.3, -0.25) is 5.41 Å². The molecule has 0 bridgehead atoms. The monoisotopic (exact) mass is 405 g/mol. The Morgan fingerprint density at radius 1 is 0.774 bits per heavy atom. The predicted molar refractivity (Wildman–Crippen MR) is 128 cm³/mol. The first-order valence-corrected chi connectivity index (χ1v) is 10.3. The molecule has 4 heteroatoms. The number of benzene rings is 4. The molecule has 0 fully saturated rings. The van der Waals surface area contributed by atoms with Gasteiger partial charge in [0.05, 0.1) is 12.2 Å². The fourth-order valence-corrected chi connectivity index (χ4v) is 4.06. The second-order valence-corrected chi connectivity index (χ2v) is 7.67. The van der Waals surface area contributed by atoms with E-state index in [1.54, 1.807) is 0 Å². The van der Waals surface area contributed by atoms with Crippen molar-refractivity contribution in [3.05, 3.63) is 107 Å². The average molecular weight is 406 g/mol. The van der Waals surface area contributed by atoms with E-state index in [4.69, 9.17) is 15.9 Å². The third kappa shape index (κ3) is 3.76. The van der Waals surface area contributed by atoms with E-state index in [2.05, 4.69) is 42.5 Å². The Morgan fingerprint density at radius 2 is 1.52 bits per heavy atom. The van der Waals surface area contributed by atoms with E-state index in [9.17, 15) is 0 Å². The molecule has 0 aliphatic heterocycles. The van der Waals surface area contributed by atoms with E-state index in [0.29, 0.717) is 13.2 Å². The maximum atomic E-state index is 8.20. The molecule has 4 nitrogen and oxygen atoms in total. The van der Waals surface area contributed by atoms with Gasteiger partial charge in [-0.05, 0) is 45.8 Å². The highest BCUT2D eigenvalue weighted by molar-refractivity contribution is 6.12. The van der Waals surface area contributed by atoms with E-state index in [-0.39, 0.29) is 5.96 Å². The van der Waals surface area contributed by atoms with Gasteiger partial charge in [0, 0.05) is 5.39 Å². The molecule has 0 heterocycles. The molecule has 0 radical (unpaired) electrons. The third-order valence-corrected chi connectivity index (χ3v) is 5.62. The summed E-state index contributed by atoms with van der Waals surface area (Å²) >= 11 is 0. The molecule has 0 spiro atoms. The Hall–Kier alpha value is -4.05. The van der Waals surface area contributed by atoms with Crippen LogP contribution in [0.25, 0.3) is 22.9 Å². The van der Waals surface area contributed by atoms with Crippen molar-refractivity contribution in [2.75, 3.05) is 4.90 Å². The molecule has 0 atom stereocenters. The largest absolute Gasteiger partial charge is 0.489 e. The molecule has 4 aromatic carbocycles. The zero-order valence-electron chi connectivity index (χ0n) is 17.1. The Morgan fingerprint density at radius 3 is 2.26 bits per heavy atom. The third-order valence-electron chi connectivity index (χ3n) is 5.62. The van der Waals surface area contributed by atoms with Gasteiger partial charge in [-0.2, -0.15) is 0 Å². The Labute approximate surface area is 181 Å². The lowest BCUT2D eigenvalue weighted by Crippen LogP contribution is -2.36. The molecule has 152 valence electrons. The molecule has 1 aliphatic rings. The minimum atomic E-state index is 0.0241. The van der Waals surface area contributed by atoms with Crippen molar-refractivity contribution in [3.8, 4) is 5.75 Å². The van der Waals surface area contributed by atoms with Gasteiger partial charge in [0.15, 0.2) is 5.96 Å². The van der Waals surface area contributed by atoms with Crippen molar-refractivity contribution in [1.82, 2.24) is 0 Å². The number of rotatable bonds is 6. The van der Waals surface area contributed by atoms with Gasteiger partial charge < -0.3 is 15.4 Å². The zero-order chi connectivity index (χ0) is 21.2. The number of nitrogens with two attached hydrogens (primary N) is 1. The number of guanidine groups is 1. The van der Waals surface area contributed by atoms with Crippen LogP contribution in [0.3, 0.4) is 0 Å². The van der Waals surface area contributed by atoms with Gasteiger partial charge >= 0.3 is 0 Å². The molecule has 3 N–H and O–H groups in total. The molecule has 0 saturated carbocycles. The fraction of sp³-hybridized carbons (Fsp3) is 0.0741. The lowest BCUT2D eigenvalue weighted by molar-refractivity contribution is 0.306. The summed E-state index contributed by atoms with van der Waals surface area (Å²) in [5, 5.41) is 10.5. The van der Waals surface area contributed by atoms with Crippen molar-refractivity contribution >= 4 is 34.6 Å². The summed E-state index contributed by atoms with van der Waals surface area (Å²) in [6.07, 6.45) is 4.27. The van der Waals surface area contributed by atoms with Crippen molar-refractivity contribution < 1.29 is 4.74 Å². The van der Waals surface area contributed by atoms with Crippen molar-refractivity contribution in [2.24, 2.45) is 5.73 Å². The van der Waals surface area contributed by atoms with Gasteiger partial charge in [0.25, 0.3) is 0 Å². The first-order valence-electron chi connectivity index (χ1n) is 10.3. The summed E-state index contributed by atoms with van der Waals surface area (Å²) in [6.45, 7) is 1.05. The molecule has 31 heavy (non-hydrogen) atoms. The average Bonchev–Trinajstić information content (AvgIpc) is 3.23. The second kappa shape index (κ2) is 8.00. The topological polar surface area (TPSA) is 62.3 Å². The maximum absolute atomic E-state index is 8.20. The number of ether oxygens (including phenoxy) is 1. The van der Waals surface area contributed by atoms with Crippen LogP contribution in [0.4, 0.5) is 5.69 Å². The van der Waals surface area contributed by atoms with E-state index in [1.807, 2.05) is 59.5 Å². The first kappa shape index (κ1) is 18.9. The zero-order valence-corrected chi connectivity index (χ0v) is 17.1. The molecule has 5 rings (SSSR count). The molecular formula is C27H23N3O. The van der Waals surface area contributed by atoms with Crippen LogP contribution >= 0.6 is 0 Å². The molecule has 0 aromatic heterocycles. The van der Waals surface area contributed by atoms with Gasteiger partial charge in [-0.15, -0.1) is 0 Å². The normalized spacial score (nSPS) is 11.6. The standard InChI is InChI=1S/C27H23N3O/c28-27(29)30(25-16-13-22-12-11-21-7-4-8-24(25)26(21)22)17-19-9-14-23(15-10-19)31-18-20-5-2-1-3-6-20/h1-16H,17-18H2,(H3,28,29). The summed E-state index contributed by atoms with van der Waals surface area (Å²) in [7, 11) is 0. The predicted octanol–water partition coefficient (Wildman–Crippen LogP) is 5.80. The highest BCUT2D eigenvalue weighted by Crippen LogP contribution is 2.37. The molecule has 0 amide bonds. The highest BCUT2D eigenvalue weighted by atomic mass is 16.5. The minimum absolute atomic E-state index is 0.0241. The lowest BCUT2D eigenvalue weighted by Gasteiger charge is -2.25. The van der Waals surface area contributed by atoms with Crippen LogP contribution in [0.15, 0.2) is 84.9 Å². The smallest absolute Gasteiger partial charge is 0.193 e. The van der Waals surface area contributed by atoms with Crippen LogP contribution in [0.5, 0.6) is 5.75 Å². The van der Waals surface area contributed by atoms with Crippen LogP contribution in [0.1, 0.15) is 22.3 Å². The number of nitrogens with zero attached hydrogens (tertiary/aromatic N) is 1. The van der Waals surface area contributed by atoms with E-state index >= 15 is 0 Å². The summed E-state index contributed by atoms with van der Waals surface area (Å²) in [5.41, 5.74) is 11.6. The van der Waals surface area contributed by atoms with Crippen molar-refractivity contribution in [3.63, 3.8) is 0 Å². The van der Waals surface area contributed by atoms with Crippen LogP contribution in [0, 0.1) is 5.41 Å². The van der Waals surface area contributed by atoms with Gasteiger partial charge in [-0.1, -0.05) is 78.9 Å². The molecule has 4 aromatic rings. The quantitative estimate of drug-likeness (QED) is 0.277. The van der Waals surface area contributed by atoms with Crippen LogP contribution in [0.2, 0.25) is 0 Å². The number of nitrogens with one attached hydrogen (secondary N) is 1. The second-order valence-electron chi connectivity index (χ2n) is 7.67. The van der Waals surface area contributed by atoms with Crippen LogP contribution in [-0.4, -0.2) is 5.96 Å². The minimum Gasteiger partial charge on any atom is -0.489 e. The molecular weight excluding hydrogens is 382 g/mol. The van der Waals surface area contributed by atoms with Gasteiger partial charge in [-0.25, -0.2) is 0 Å². The first-order chi connectivity index (χ1) is 15.2. The summed E-state index contributed by atoms with van der Waals surface area (Å²) in [4.78, 5) is 1.85. The van der Waals surface area contributed by atoms with E-state index in [0.717, 1.165) is 28.0 Å². The lowest BCUT2D eigenvalue weighted by atomic mass is 10.0. The maximum Gasteiger partial charge on any atom is 0.193 e. The van der Waals surface area contributed by atoms with Crippen LogP contribution < -0.4 is 15.4 Å². The van der Waals surface area contributed by atoms with E-state index < -0.39 is 0 Å². The molecule has 0 saturated heterocycles. The number of hydrogen-bond donors (Lipinski definition) is 2. The highest BCUT2D eigenvalue weighted by Gasteiger charge is 2.17. The van der Waals surface area contributed by atoms with Gasteiger partial charge in [0.1, 0.15) is 12.4 Å². The summed E-state index contributed by atoms with van der Waals surface area (Å²) in [5.74, 6) is 0.842. The number of hydrogen-bond acceptors (Lipinski definition) is 2.